The molecule has 0 aliphatic heterocycles. The van der Waals surface area contributed by atoms with Gasteiger partial charge in [-0.1, -0.05) is 13.3 Å². The quantitative estimate of drug-likeness (QED) is 0.514. The predicted octanol–water partition coefficient (Wildman–Crippen LogP) is 1.87. The topological polar surface area (TPSA) is 113 Å². The highest BCUT2D eigenvalue weighted by Crippen LogP contribution is 2.25. The summed E-state index contributed by atoms with van der Waals surface area (Å²) < 4.78 is 0. The molecule has 0 bridgehead atoms. The number of carboxylic acid groups (broad SMARTS) is 1. The molecule has 1 aromatic carbocycles. The molecule has 0 spiro atoms. The van der Waals surface area contributed by atoms with Crippen molar-refractivity contribution in [3.8, 4) is 0 Å². The van der Waals surface area contributed by atoms with E-state index in [1.165, 1.54) is 12.1 Å². The number of nitro groups is 1. The predicted molar refractivity (Wildman–Crippen MR) is 69.5 cm³/mol. The summed E-state index contributed by atoms with van der Waals surface area (Å²) >= 11 is 0. The number of aliphatic hydroxyl groups excluding tert-OH is 1. The Hall–Kier alpha value is -2.15. The van der Waals surface area contributed by atoms with Crippen LogP contribution in [0.1, 0.15) is 30.1 Å². The summed E-state index contributed by atoms with van der Waals surface area (Å²) in [6.45, 7) is 2.05. The summed E-state index contributed by atoms with van der Waals surface area (Å²) in [5.41, 5.74) is -0.160. The van der Waals surface area contributed by atoms with Gasteiger partial charge in [0.2, 0.25) is 0 Å². The van der Waals surface area contributed by atoms with Crippen molar-refractivity contribution < 1.29 is 19.9 Å². The van der Waals surface area contributed by atoms with Gasteiger partial charge < -0.3 is 15.5 Å². The van der Waals surface area contributed by atoms with E-state index in [4.69, 9.17) is 5.11 Å². The van der Waals surface area contributed by atoms with Crippen LogP contribution in [0.15, 0.2) is 18.2 Å². The van der Waals surface area contributed by atoms with Crippen LogP contribution in [0.3, 0.4) is 0 Å². The molecule has 0 fully saturated rings. The van der Waals surface area contributed by atoms with Crippen molar-refractivity contribution in [3.05, 3.63) is 33.9 Å². The number of carbonyl (C=O) groups is 1. The summed E-state index contributed by atoms with van der Waals surface area (Å²) in [4.78, 5) is 21.1. The fraction of sp³-hybridized carbons (Fsp3) is 0.417. The van der Waals surface area contributed by atoms with Crippen molar-refractivity contribution >= 4 is 17.3 Å². The van der Waals surface area contributed by atoms with E-state index < -0.39 is 17.0 Å². The summed E-state index contributed by atoms with van der Waals surface area (Å²) in [5, 5.41) is 32.0. The number of hydrogen-bond donors (Lipinski definition) is 3. The standard InChI is InChI=1S/C12H16N2O5/c1-2-3-9(15)7-13-10-6-8(12(16)17)4-5-11(10)14(18)19/h4-6,9,13,15H,2-3,7H2,1H3,(H,16,17). The number of nitro benzene ring substituents is 1. The minimum Gasteiger partial charge on any atom is -0.478 e. The highest BCUT2D eigenvalue weighted by molar-refractivity contribution is 5.90. The Morgan fingerprint density at radius 2 is 2.21 bits per heavy atom. The van der Waals surface area contributed by atoms with Gasteiger partial charge in [-0.3, -0.25) is 10.1 Å². The normalized spacial score (nSPS) is 11.9. The summed E-state index contributed by atoms with van der Waals surface area (Å²) in [7, 11) is 0. The summed E-state index contributed by atoms with van der Waals surface area (Å²) in [6, 6.07) is 3.51. The number of aromatic carboxylic acids is 1. The molecule has 0 heterocycles. The molecule has 0 amide bonds. The molecule has 1 atom stereocenters. The first-order valence-corrected chi connectivity index (χ1v) is 5.89. The van der Waals surface area contributed by atoms with Crippen molar-refractivity contribution in [3.63, 3.8) is 0 Å². The van der Waals surface area contributed by atoms with Crippen LogP contribution in [-0.4, -0.2) is 33.8 Å². The molecule has 3 N–H and O–H groups in total. The van der Waals surface area contributed by atoms with Gasteiger partial charge >= 0.3 is 5.97 Å². The lowest BCUT2D eigenvalue weighted by Gasteiger charge is -2.12. The first-order chi connectivity index (χ1) is 8.95. The average molecular weight is 268 g/mol. The smallest absolute Gasteiger partial charge is 0.335 e. The molecule has 0 aliphatic carbocycles. The molecule has 7 nitrogen and oxygen atoms in total. The molecule has 0 aromatic heterocycles. The molecular formula is C12H16N2O5. The van der Waals surface area contributed by atoms with Crippen molar-refractivity contribution in [2.24, 2.45) is 0 Å². The van der Waals surface area contributed by atoms with Crippen LogP contribution in [0, 0.1) is 10.1 Å². The van der Waals surface area contributed by atoms with Gasteiger partial charge in [0.15, 0.2) is 0 Å². The Morgan fingerprint density at radius 3 is 2.74 bits per heavy atom. The third-order valence-electron chi connectivity index (χ3n) is 2.59. The van der Waals surface area contributed by atoms with Gasteiger partial charge in [-0.25, -0.2) is 4.79 Å². The fourth-order valence-electron chi connectivity index (χ4n) is 1.63. The molecule has 19 heavy (non-hydrogen) atoms. The zero-order chi connectivity index (χ0) is 14.4. The Kier molecular flexibility index (Phi) is 5.25. The zero-order valence-corrected chi connectivity index (χ0v) is 10.5. The number of nitrogens with one attached hydrogen (secondary N) is 1. The largest absolute Gasteiger partial charge is 0.478 e. The third-order valence-corrected chi connectivity index (χ3v) is 2.59. The minimum atomic E-state index is -1.16. The molecule has 0 saturated carbocycles. The van der Waals surface area contributed by atoms with Crippen LogP contribution in [0.5, 0.6) is 0 Å². The van der Waals surface area contributed by atoms with Crippen LogP contribution < -0.4 is 5.32 Å². The molecule has 1 aromatic rings. The molecule has 0 aliphatic rings. The molecule has 1 unspecified atom stereocenters. The summed E-state index contributed by atoms with van der Waals surface area (Å²) in [6.07, 6.45) is 0.734. The lowest BCUT2D eigenvalue weighted by atomic mass is 10.1. The van der Waals surface area contributed by atoms with Gasteiger partial charge in [0.25, 0.3) is 5.69 Å². The van der Waals surface area contributed by atoms with E-state index in [1.807, 2.05) is 6.92 Å². The third kappa shape index (κ3) is 4.22. The Balaban J connectivity index is 2.91. The maximum absolute atomic E-state index is 10.8. The maximum Gasteiger partial charge on any atom is 0.335 e. The molecule has 7 heteroatoms. The molecule has 104 valence electrons. The summed E-state index contributed by atoms with van der Waals surface area (Å²) in [5.74, 6) is -1.16. The number of nitrogens with zero attached hydrogens (tertiary/aromatic N) is 1. The Morgan fingerprint density at radius 1 is 1.53 bits per heavy atom. The highest BCUT2D eigenvalue weighted by Gasteiger charge is 2.17. The van der Waals surface area contributed by atoms with E-state index >= 15 is 0 Å². The van der Waals surface area contributed by atoms with E-state index in [1.54, 1.807) is 0 Å². The lowest BCUT2D eigenvalue weighted by molar-refractivity contribution is -0.384. The monoisotopic (exact) mass is 268 g/mol. The SMILES string of the molecule is CCCC(O)CNc1cc(C(=O)O)ccc1[N+](=O)[O-]. The zero-order valence-electron chi connectivity index (χ0n) is 10.5. The van der Waals surface area contributed by atoms with Crippen LogP contribution in [0.2, 0.25) is 0 Å². The van der Waals surface area contributed by atoms with E-state index in [0.29, 0.717) is 6.42 Å². The number of aliphatic hydroxyl groups is 1. The second-order valence-corrected chi connectivity index (χ2v) is 4.12. The second-order valence-electron chi connectivity index (χ2n) is 4.12. The Labute approximate surface area is 110 Å². The molecule has 0 saturated heterocycles. The number of carboxylic acids is 1. The fourth-order valence-corrected chi connectivity index (χ4v) is 1.63. The van der Waals surface area contributed by atoms with Crippen molar-refractivity contribution in [1.82, 2.24) is 0 Å². The molecular weight excluding hydrogens is 252 g/mol. The van der Waals surface area contributed by atoms with Crippen LogP contribution in [0.4, 0.5) is 11.4 Å². The number of benzene rings is 1. The Bertz CT molecular complexity index is 475. The average Bonchev–Trinajstić information content (AvgIpc) is 2.36. The van der Waals surface area contributed by atoms with Crippen LogP contribution in [-0.2, 0) is 0 Å². The highest BCUT2D eigenvalue weighted by atomic mass is 16.6. The van der Waals surface area contributed by atoms with E-state index in [-0.39, 0.29) is 23.5 Å². The van der Waals surface area contributed by atoms with Crippen molar-refractivity contribution in [1.29, 1.82) is 0 Å². The van der Waals surface area contributed by atoms with Crippen molar-refractivity contribution in [2.45, 2.75) is 25.9 Å². The van der Waals surface area contributed by atoms with Gasteiger partial charge in [0.1, 0.15) is 5.69 Å². The first-order valence-electron chi connectivity index (χ1n) is 5.89. The van der Waals surface area contributed by atoms with Crippen molar-refractivity contribution in [2.75, 3.05) is 11.9 Å². The van der Waals surface area contributed by atoms with E-state index in [2.05, 4.69) is 5.32 Å². The minimum absolute atomic E-state index is 0.0434. The number of hydrogen-bond acceptors (Lipinski definition) is 5. The van der Waals surface area contributed by atoms with Gasteiger partial charge in [-0.2, -0.15) is 0 Å². The second kappa shape index (κ2) is 6.69. The number of anilines is 1. The van der Waals surface area contributed by atoms with Gasteiger partial charge in [0, 0.05) is 12.6 Å². The van der Waals surface area contributed by atoms with Gasteiger partial charge in [-0.15, -0.1) is 0 Å². The molecule has 0 radical (unpaired) electrons. The lowest BCUT2D eigenvalue weighted by Crippen LogP contribution is -2.19. The van der Waals surface area contributed by atoms with Crippen LogP contribution >= 0.6 is 0 Å². The van der Waals surface area contributed by atoms with E-state index in [0.717, 1.165) is 12.5 Å². The van der Waals surface area contributed by atoms with Gasteiger partial charge in [0.05, 0.1) is 16.6 Å². The van der Waals surface area contributed by atoms with Crippen LogP contribution in [0.25, 0.3) is 0 Å². The number of rotatable bonds is 7. The molecule has 1 rings (SSSR count). The van der Waals surface area contributed by atoms with E-state index in [9.17, 15) is 20.0 Å². The first kappa shape index (κ1) is 14.9. The van der Waals surface area contributed by atoms with Gasteiger partial charge in [-0.05, 0) is 18.6 Å². The maximum atomic E-state index is 10.8.